The van der Waals surface area contributed by atoms with Gasteiger partial charge in [-0.3, -0.25) is 4.79 Å². The number of imidazole rings is 1. The van der Waals surface area contributed by atoms with Crippen LogP contribution in [-0.4, -0.2) is 38.6 Å². The van der Waals surface area contributed by atoms with Crippen molar-refractivity contribution in [2.75, 3.05) is 13.1 Å². The first kappa shape index (κ1) is 15.8. The standard InChI is InChI=1S/C20H21N3O2/c24-18(22-12-6-7-13-22)14-23-17-11-5-4-10-16(17)21-20(23)19(25)15-8-2-1-3-9-15/h1-5,8-11,19,25H,6-7,12-14H2. The maximum absolute atomic E-state index is 12.7. The molecule has 0 aliphatic carbocycles. The molecule has 25 heavy (non-hydrogen) atoms. The molecular weight excluding hydrogens is 314 g/mol. The van der Waals surface area contributed by atoms with E-state index < -0.39 is 6.10 Å². The van der Waals surface area contributed by atoms with Crippen LogP contribution in [0.3, 0.4) is 0 Å². The fourth-order valence-corrected chi connectivity index (χ4v) is 3.46. The number of para-hydroxylation sites is 2. The fraction of sp³-hybridized carbons (Fsp3) is 0.300. The first-order chi connectivity index (χ1) is 12.2. The first-order valence-electron chi connectivity index (χ1n) is 8.70. The zero-order chi connectivity index (χ0) is 17.2. The highest BCUT2D eigenvalue weighted by Gasteiger charge is 2.24. The summed E-state index contributed by atoms with van der Waals surface area (Å²) in [5.41, 5.74) is 2.44. The van der Waals surface area contributed by atoms with E-state index in [1.807, 2.05) is 64.1 Å². The van der Waals surface area contributed by atoms with Gasteiger partial charge in [0.1, 0.15) is 18.5 Å². The molecule has 1 saturated heterocycles. The van der Waals surface area contributed by atoms with Crippen molar-refractivity contribution in [1.29, 1.82) is 0 Å². The van der Waals surface area contributed by atoms with Crippen molar-refractivity contribution < 1.29 is 9.90 Å². The third kappa shape index (κ3) is 3.03. The number of carbonyl (C=O) groups excluding carboxylic acids is 1. The van der Waals surface area contributed by atoms with E-state index in [1.54, 1.807) is 0 Å². The largest absolute Gasteiger partial charge is 0.380 e. The van der Waals surface area contributed by atoms with Crippen LogP contribution in [0, 0.1) is 0 Å². The minimum absolute atomic E-state index is 0.0853. The summed E-state index contributed by atoms with van der Waals surface area (Å²) in [5, 5.41) is 10.8. The number of amides is 1. The van der Waals surface area contributed by atoms with Crippen molar-refractivity contribution in [3.05, 3.63) is 66.0 Å². The number of rotatable bonds is 4. The minimum Gasteiger partial charge on any atom is -0.380 e. The van der Waals surface area contributed by atoms with Crippen LogP contribution >= 0.6 is 0 Å². The van der Waals surface area contributed by atoms with E-state index in [4.69, 9.17) is 0 Å². The summed E-state index contributed by atoms with van der Waals surface area (Å²) in [6.07, 6.45) is 1.27. The van der Waals surface area contributed by atoms with Crippen LogP contribution < -0.4 is 0 Å². The molecule has 2 aromatic carbocycles. The Labute approximate surface area is 146 Å². The predicted molar refractivity (Wildman–Crippen MR) is 96.1 cm³/mol. The monoisotopic (exact) mass is 335 g/mol. The number of aliphatic hydroxyl groups is 1. The average Bonchev–Trinajstić information content (AvgIpc) is 3.30. The second kappa shape index (κ2) is 6.69. The quantitative estimate of drug-likeness (QED) is 0.797. The van der Waals surface area contributed by atoms with Crippen LogP contribution in [0.1, 0.15) is 30.3 Å². The molecule has 5 nitrogen and oxygen atoms in total. The van der Waals surface area contributed by atoms with Crippen molar-refractivity contribution in [2.24, 2.45) is 0 Å². The molecule has 1 fully saturated rings. The molecule has 2 heterocycles. The molecule has 5 heteroatoms. The summed E-state index contributed by atoms with van der Waals surface area (Å²) in [5.74, 6) is 0.599. The molecule has 1 unspecified atom stereocenters. The van der Waals surface area contributed by atoms with Crippen molar-refractivity contribution in [3.63, 3.8) is 0 Å². The molecule has 0 bridgehead atoms. The third-order valence-corrected chi connectivity index (χ3v) is 4.80. The Morgan fingerprint density at radius 3 is 2.48 bits per heavy atom. The molecule has 1 atom stereocenters. The van der Waals surface area contributed by atoms with Gasteiger partial charge in [-0.25, -0.2) is 4.98 Å². The summed E-state index contributed by atoms with van der Waals surface area (Å²) in [6, 6.07) is 17.1. The second-order valence-corrected chi connectivity index (χ2v) is 6.45. The van der Waals surface area contributed by atoms with E-state index in [9.17, 15) is 9.90 Å². The van der Waals surface area contributed by atoms with Crippen molar-refractivity contribution in [1.82, 2.24) is 14.5 Å². The molecule has 1 aliphatic heterocycles. The first-order valence-corrected chi connectivity index (χ1v) is 8.70. The highest BCUT2D eigenvalue weighted by atomic mass is 16.3. The zero-order valence-electron chi connectivity index (χ0n) is 14.0. The van der Waals surface area contributed by atoms with Gasteiger partial charge in [0.05, 0.1) is 11.0 Å². The number of fused-ring (bicyclic) bond motifs is 1. The minimum atomic E-state index is -0.861. The summed E-state index contributed by atoms with van der Waals surface area (Å²) in [6.45, 7) is 1.85. The molecule has 0 spiro atoms. The number of aliphatic hydroxyl groups excluding tert-OH is 1. The number of hydrogen-bond donors (Lipinski definition) is 1. The van der Waals surface area contributed by atoms with Gasteiger partial charge in [0.15, 0.2) is 0 Å². The van der Waals surface area contributed by atoms with E-state index in [0.29, 0.717) is 5.82 Å². The molecule has 0 saturated carbocycles. The van der Waals surface area contributed by atoms with Gasteiger partial charge in [-0.1, -0.05) is 42.5 Å². The van der Waals surface area contributed by atoms with Gasteiger partial charge in [-0.2, -0.15) is 0 Å². The Morgan fingerprint density at radius 2 is 1.72 bits per heavy atom. The third-order valence-electron chi connectivity index (χ3n) is 4.80. The van der Waals surface area contributed by atoms with Crippen molar-refractivity contribution in [3.8, 4) is 0 Å². The molecule has 4 rings (SSSR count). The maximum Gasteiger partial charge on any atom is 0.242 e. The summed E-state index contributed by atoms with van der Waals surface area (Å²) >= 11 is 0. The summed E-state index contributed by atoms with van der Waals surface area (Å²) in [4.78, 5) is 19.2. The lowest BCUT2D eigenvalue weighted by molar-refractivity contribution is -0.130. The van der Waals surface area contributed by atoms with Crippen LogP contribution in [-0.2, 0) is 11.3 Å². The molecule has 3 aromatic rings. The number of aromatic nitrogens is 2. The van der Waals surface area contributed by atoms with Gasteiger partial charge < -0.3 is 14.6 Å². The van der Waals surface area contributed by atoms with E-state index >= 15 is 0 Å². The Bertz CT molecular complexity index is 882. The highest BCUT2D eigenvalue weighted by molar-refractivity contribution is 5.81. The van der Waals surface area contributed by atoms with Gasteiger partial charge in [0.25, 0.3) is 0 Å². The topological polar surface area (TPSA) is 58.4 Å². The molecular formula is C20H21N3O2. The van der Waals surface area contributed by atoms with Crippen LogP contribution in [0.15, 0.2) is 54.6 Å². The fourth-order valence-electron chi connectivity index (χ4n) is 3.46. The number of benzene rings is 2. The number of hydrogen-bond acceptors (Lipinski definition) is 3. The lowest BCUT2D eigenvalue weighted by atomic mass is 10.1. The Kier molecular flexibility index (Phi) is 4.24. The van der Waals surface area contributed by atoms with Crippen molar-refractivity contribution >= 4 is 16.9 Å². The van der Waals surface area contributed by atoms with Gasteiger partial charge in [-0.15, -0.1) is 0 Å². The van der Waals surface area contributed by atoms with Crippen LogP contribution in [0.2, 0.25) is 0 Å². The van der Waals surface area contributed by atoms with Crippen molar-refractivity contribution in [2.45, 2.75) is 25.5 Å². The second-order valence-electron chi connectivity index (χ2n) is 6.45. The Balaban J connectivity index is 1.74. The maximum atomic E-state index is 12.7. The van der Waals surface area contributed by atoms with E-state index in [2.05, 4.69) is 4.98 Å². The smallest absolute Gasteiger partial charge is 0.242 e. The number of nitrogens with zero attached hydrogens (tertiary/aromatic N) is 3. The average molecular weight is 335 g/mol. The number of likely N-dealkylation sites (tertiary alicyclic amines) is 1. The van der Waals surface area contributed by atoms with E-state index in [0.717, 1.165) is 42.5 Å². The molecule has 1 N–H and O–H groups in total. The van der Waals surface area contributed by atoms with Gasteiger partial charge in [0, 0.05) is 13.1 Å². The highest BCUT2D eigenvalue weighted by Crippen LogP contribution is 2.26. The lowest BCUT2D eigenvalue weighted by Crippen LogP contribution is -2.31. The van der Waals surface area contributed by atoms with E-state index in [-0.39, 0.29) is 12.5 Å². The molecule has 0 radical (unpaired) electrons. The van der Waals surface area contributed by atoms with Crippen LogP contribution in [0.25, 0.3) is 11.0 Å². The molecule has 1 amide bonds. The summed E-state index contributed by atoms with van der Waals surface area (Å²) in [7, 11) is 0. The molecule has 1 aliphatic rings. The van der Waals surface area contributed by atoms with Crippen LogP contribution in [0.4, 0.5) is 0 Å². The van der Waals surface area contributed by atoms with Gasteiger partial charge in [0.2, 0.25) is 5.91 Å². The van der Waals surface area contributed by atoms with Gasteiger partial charge in [-0.05, 0) is 30.5 Å². The molecule has 128 valence electrons. The molecule has 1 aromatic heterocycles. The summed E-state index contributed by atoms with van der Waals surface area (Å²) < 4.78 is 1.85. The predicted octanol–water partition coefficient (Wildman–Crippen LogP) is 2.74. The SMILES string of the molecule is O=C(Cn1c(C(O)c2ccccc2)nc2ccccc21)N1CCCC1. The zero-order valence-corrected chi connectivity index (χ0v) is 14.0. The number of carbonyl (C=O) groups is 1. The Hall–Kier alpha value is -2.66. The lowest BCUT2D eigenvalue weighted by Gasteiger charge is -2.18. The normalized spacial score (nSPS) is 15.6. The van der Waals surface area contributed by atoms with E-state index in [1.165, 1.54) is 0 Å². The Morgan fingerprint density at radius 1 is 1.04 bits per heavy atom. The van der Waals surface area contributed by atoms with Gasteiger partial charge >= 0.3 is 0 Å². The van der Waals surface area contributed by atoms with Crippen LogP contribution in [0.5, 0.6) is 0 Å².